The van der Waals surface area contributed by atoms with E-state index < -0.39 is 17.5 Å². The van der Waals surface area contributed by atoms with Crippen LogP contribution in [0.5, 0.6) is 0 Å². The summed E-state index contributed by atoms with van der Waals surface area (Å²) >= 11 is 12.0. The van der Waals surface area contributed by atoms with Crippen LogP contribution in [-0.2, 0) is 23.4 Å². The number of carbonyl (C=O) groups excluding carboxylic acids is 2. The number of amides is 3. The van der Waals surface area contributed by atoms with Crippen molar-refractivity contribution in [3.8, 4) is 0 Å². The molecule has 1 aromatic carbocycles. The maximum atomic E-state index is 13.0. The fraction of sp³-hybridized carbons (Fsp3) is 0.438. The third-order valence-corrected chi connectivity index (χ3v) is 5.14. The van der Waals surface area contributed by atoms with Crippen molar-refractivity contribution in [3.63, 3.8) is 0 Å². The first-order valence-electron chi connectivity index (χ1n) is 8.21. The summed E-state index contributed by atoms with van der Waals surface area (Å²) in [5.74, 6) is 0.0614. The first-order chi connectivity index (χ1) is 12.4. The molecule has 2 heterocycles. The highest BCUT2D eigenvalue weighted by Gasteiger charge is 2.49. The lowest BCUT2D eigenvalue weighted by atomic mass is 9.92. The van der Waals surface area contributed by atoms with Crippen molar-refractivity contribution in [2.75, 3.05) is 0 Å². The summed E-state index contributed by atoms with van der Waals surface area (Å²) in [4.78, 5) is 26.5. The molecule has 8 nitrogen and oxygen atoms in total. The topological polar surface area (TPSA) is 93.0 Å². The van der Waals surface area contributed by atoms with Gasteiger partial charge in [0.15, 0.2) is 5.82 Å². The third kappa shape index (κ3) is 3.26. The molecule has 1 fully saturated rings. The van der Waals surface area contributed by atoms with E-state index in [-0.39, 0.29) is 6.54 Å². The van der Waals surface area contributed by atoms with E-state index in [1.165, 1.54) is 0 Å². The van der Waals surface area contributed by atoms with Crippen LogP contribution in [0.25, 0.3) is 0 Å². The molecule has 3 amide bonds. The Bertz CT molecular complexity index is 855. The minimum Gasteiger partial charge on any atom is -0.319 e. The standard InChI is InChI=1S/C16H18Cl2N6O2/c1-3-4-7-24-13(20-21-22-24)9-23-14(25)16(2,19-15(23)26)10-5-6-11(17)12(18)8-10/h5-6,8H,3-4,7,9H2,1-2H3,(H,19,26). The van der Waals surface area contributed by atoms with Gasteiger partial charge in [-0.1, -0.05) is 42.6 Å². The first-order valence-corrected chi connectivity index (χ1v) is 8.97. The largest absolute Gasteiger partial charge is 0.325 e. The van der Waals surface area contributed by atoms with Crippen LogP contribution in [0.15, 0.2) is 18.2 Å². The molecule has 0 bridgehead atoms. The number of benzene rings is 1. The summed E-state index contributed by atoms with van der Waals surface area (Å²) < 4.78 is 1.61. The molecule has 1 aliphatic heterocycles. The summed E-state index contributed by atoms with van der Waals surface area (Å²) in [6.45, 7) is 4.32. The highest BCUT2D eigenvalue weighted by Crippen LogP contribution is 2.33. The SMILES string of the molecule is CCCCn1nnnc1CN1C(=O)NC(C)(c2ccc(Cl)c(Cl)c2)C1=O. The Balaban J connectivity index is 1.85. The highest BCUT2D eigenvalue weighted by molar-refractivity contribution is 6.42. The lowest BCUT2D eigenvalue weighted by Gasteiger charge is -2.22. The molecule has 3 rings (SSSR count). The minimum atomic E-state index is -1.23. The van der Waals surface area contributed by atoms with E-state index >= 15 is 0 Å². The molecule has 0 saturated carbocycles. The van der Waals surface area contributed by atoms with Gasteiger partial charge in [-0.3, -0.25) is 9.69 Å². The number of tetrazole rings is 1. The van der Waals surface area contributed by atoms with Crippen LogP contribution in [0.3, 0.4) is 0 Å². The Morgan fingerprint density at radius 1 is 1.23 bits per heavy atom. The lowest BCUT2D eigenvalue weighted by Crippen LogP contribution is -2.40. The molecule has 2 aromatic rings. The minimum absolute atomic E-state index is 0.00169. The van der Waals surface area contributed by atoms with Crippen molar-refractivity contribution >= 4 is 35.1 Å². The highest BCUT2D eigenvalue weighted by atomic mass is 35.5. The molecular formula is C16H18Cl2N6O2. The fourth-order valence-electron chi connectivity index (χ4n) is 2.80. The van der Waals surface area contributed by atoms with Gasteiger partial charge in [-0.25, -0.2) is 9.48 Å². The molecule has 10 heteroatoms. The van der Waals surface area contributed by atoms with E-state index in [1.54, 1.807) is 29.8 Å². The Morgan fingerprint density at radius 3 is 2.69 bits per heavy atom. The molecule has 26 heavy (non-hydrogen) atoms. The molecule has 0 spiro atoms. The second-order valence-electron chi connectivity index (χ2n) is 6.25. The monoisotopic (exact) mass is 396 g/mol. The molecule has 1 N–H and O–H groups in total. The molecule has 0 aliphatic carbocycles. The maximum absolute atomic E-state index is 13.0. The molecule has 1 aromatic heterocycles. The number of hydrogen-bond donors (Lipinski definition) is 1. The second-order valence-corrected chi connectivity index (χ2v) is 7.06. The smallest absolute Gasteiger partial charge is 0.319 e. The number of aryl methyl sites for hydroxylation is 1. The number of carbonyl (C=O) groups is 2. The average molecular weight is 397 g/mol. The summed E-state index contributed by atoms with van der Waals surface area (Å²) in [6.07, 6.45) is 1.89. The van der Waals surface area contributed by atoms with E-state index in [9.17, 15) is 9.59 Å². The van der Waals surface area contributed by atoms with Crippen molar-refractivity contribution in [3.05, 3.63) is 39.6 Å². The van der Waals surface area contributed by atoms with E-state index in [4.69, 9.17) is 23.2 Å². The van der Waals surface area contributed by atoms with Gasteiger partial charge in [0.25, 0.3) is 5.91 Å². The maximum Gasteiger partial charge on any atom is 0.325 e. The van der Waals surface area contributed by atoms with Gasteiger partial charge in [0.1, 0.15) is 5.54 Å². The molecule has 1 aliphatic rings. The molecule has 0 radical (unpaired) electrons. The number of hydrogen-bond acceptors (Lipinski definition) is 5. The van der Waals surface area contributed by atoms with Gasteiger partial charge in [-0.2, -0.15) is 0 Å². The Morgan fingerprint density at radius 2 is 2.00 bits per heavy atom. The summed E-state index contributed by atoms with van der Waals surface area (Å²) in [6, 6.07) is 4.34. The van der Waals surface area contributed by atoms with Gasteiger partial charge < -0.3 is 5.32 Å². The first kappa shape index (κ1) is 18.6. The van der Waals surface area contributed by atoms with Gasteiger partial charge >= 0.3 is 6.03 Å². The zero-order chi connectivity index (χ0) is 18.9. The Hall–Kier alpha value is -2.19. The molecule has 1 atom stereocenters. The summed E-state index contributed by atoms with van der Waals surface area (Å²) in [5, 5.41) is 14.9. The predicted octanol–water partition coefficient (Wildman–Crippen LogP) is 2.75. The number of aromatic nitrogens is 4. The van der Waals surface area contributed by atoms with Crippen LogP contribution >= 0.6 is 23.2 Å². The summed E-state index contributed by atoms with van der Waals surface area (Å²) in [5.41, 5.74) is -0.675. The van der Waals surface area contributed by atoms with Crippen LogP contribution in [0.4, 0.5) is 4.79 Å². The lowest BCUT2D eigenvalue weighted by molar-refractivity contribution is -0.131. The molecule has 1 saturated heterocycles. The predicted molar refractivity (Wildman–Crippen MR) is 95.6 cm³/mol. The van der Waals surface area contributed by atoms with Crippen LogP contribution < -0.4 is 5.32 Å². The van der Waals surface area contributed by atoms with Gasteiger partial charge in [0.05, 0.1) is 16.6 Å². The van der Waals surface area contributed by atoms with Crippen molar-refractivity contribution in [1.29, 1.82) is 0 Å². The Kier molecular flexibility index (Phi) is 5.15. The van der Waals surface area contributed by atoms with Crippen LogP contribution in [-0.4, -0.2) is 37.0 Å². The van der Waals surface area contributed by atoms with Crippen molar-refractivity contribution in [2.45, 2.75) is 45.3 Å². The number of unbranched alkanes of at least 4 members (excludes halogenated alkanes) is 1. The molecular weight excluding hydrogens is 379 g/mol. The van der Waals surface area contributed by atoms with Crippen molar-refractivity contribution in [1.82, 2.24) is 30.4 Å². The summed E-state index contributed by atoms with van der Waals surface area (Å²) in [7, 11) is 0. The zero-order valence-corrected chi connectivity index (χ0v) is 15.9. The van der Waals surface area contributed by atoms with Gasteiger partial charge in [-0.15, -0.1) is 5.10 Å². The molecule has 138 valence electrons. The quantitative estimate of drug-likeness (QED) is 0.757. The molecule has 1 unspecified atom stereocenters. The number of imide groups is 1. The van der Waals surface area contributed by atoms with Crippen LogP contribution in [0.1, 0.15) is 38.1 Å². The Labute approximate surface area is 160 Å². The van der Waals surface area contributed by atoms with E-state index in [0.29, 0.717) is 28.0 Å². The number of nitrogens with one attached hydrogen (secondary N) is 1. The number of urea groups is 1. The fourth-order valence-corrected chi connectivity index (χ4v) is 3.10. The van der Waals surface area contributed by atoms with E-state index in [1.807, 2.05) is 0 Å². The number of nitrogens with zero attached hydrogens (tertiary/aromatic N) is 5. The van der Waals surface area contributed by atoms with Crippen molar-refractivity contribution in [2.24, 2.45) is 0 Å². The van der Waals surface area contributed by atoms with Gasteiger partial charge in [0.2, 0.25) is 0 Å². The van der Waals surface area contributed by atoms with Crippen LogP contribution in [0.2, 0.25) is 10.0 Å². The van der Waals surface area contributed by atoms with Gasteiger partial charge in [0, 0.05) is 6.54 Å². The normalized spacial score (nSPS) is 19.9. The second kappa shape index (κ2) is 7.20. The van der Waals surface area contributed by atoms with Crippen LogP contribution in [0, 0.1) is 0 Å². The number of rotatable bonds is 6. The zero-order valence-electron chi connectivity index (χ0n) is 14.4. The van der Waals surface area contributed by atoms with E-state index in [2.05, 4.69) is 27.8 Å². The number of halogens is 2. The van der Waals surface area contributed by atoms with E-state index in [0.717, 1.165) is 17.7 Å². The van der Waals surface area contributed by atoms with Gasteiger partial charge in [-0.05, 0) is 41.5 Å². The third-order valence-electron chi connectivity index (χ3n) is 4.40. The van der Waals surface area contributed by atoms with Crippen molar-refractivity contribution < 1.29 is 9.59 Å². The average Bonchev–Trinajstić information content (AvgIpc) is 3.14.